The first-order valence-electron chi connectivity index (χ1n) is 4.63. The van der Waals surface area contributed by atoms with Crippen LogP contribution in [0.3, 0.4) is 0 Å². The molecule has 1 N–H and O–H groups in total. The van der Waals surface area contributed by atoms with Crippen LogP contribution in [0.5, 0.6) is 0 Å². The van der Waals surface area contributed by atoms with E-state index in [1.807, 2.05) is 0 Å². The van der Waals surface area contributed by atoms with Gasteiger partial charge >= 0.3 is 11.9 Å². The SMILES string of the molecule is COC(=O)c1c(Br)cccc1CCC(=O)O. The first-order valence-corrected chi connectivity index (χ1v) is 5.43. The van der Waals surface area contributed by atoms with Crippen LogP contribution in [-0.2, 0) is 16.0 Å². The topological polar surface area (TPSA) is 63.6 Å². The van der Waals surface area contributed by atoms with E-state index in [-0.39, 0.29) is 6.42 Å². The Morgan fingerprint density at radius 3 is 2.69 bits per heavy atom. The lowest BCUT2D eigenvalue weighted by Crippen LogP contribution is -2.08. The number of carbonyl (C=O) groups is 2. The lowest BCUT2D eigenvalue weighted by atomic mass is 10.0. The van der Waals surface area contributed by atoms with Crippen LogP contribution in [-0.4, -0.2) is 24.2 Å². The maximum Gasteiger partial charge on any atom is 0.339 e. The summed E-state index contributed by atoms with van der Waals surface area (Å²) >= 11 is 3.25. The first-order chi connectivity index (χ1) is 7.56. The lowest BCUT2D eigenvalue weighted by Gasteiger charge is -2.08. The number of carboxylic acids is 1. The molecule has 0 aliphatic heterocycles. The van der Waals surface area contributed by atoms with Gasteiger partial charge in [-0.05, 0) is 34.0 Å². The Kier molecular flexibility index (Phi) is 4.49. The zero-order valence-electron chi connectivity index (χ0n) is 8.70. The molecule has 1 aromatic rings. The van der Waals surface area contributed by atoms with Gasteiger partial charge in [0.1, 0.15) is 0 Å². The number of hydrogen-bond acceptors (Lipinski definition) is 3. The molecule has 0 aliphatic rings. The van der Waals surface area contributed by atoms with Crippen LogP contribution < -0.4 is 0 Å². The average Bonchev–Trinajstić information content (AvgIpc) is 2.25. The molecule has 0 unspecified atom stereocenters. The van der Waals surface area contributed by atoms with Crippen LogP contribution in [0.2, 0.25) is 0 Å². The Bertz CT molecular complexity index is 414. The van der Waals surface area contributed by atoms with E-state index in [2.05, 4.69) is 20.7 Å². The summed E-state index contributed by atoms with van der Waals surface area (Å²) in [5.41, 5.74) is 1.06. The van der Waals surface area contributed by atoms with Crippen LogP contribution in [0, 0.1) is 0 Å². The predicted molar refractivity (Wildman–Crippen MR) is 61.4 cm³/mol. The molecule has 86 valence electrons. The molecular weight excluding hydrogens is 276 g/mol. The maximum absolute atomic E-state index is 11.5. The molecule has 0 atom stereocenters. The van der Waals surface area contributed by atoms with Gasteiger partial charge < -0.3 is 9.84 Å². The number of hydrogen-bond donors (Lipinski definition) is 1. The van der Waals surface area contributed by atoms with Crippen molar-refractivity contribution < 1.29 is 19.4 Å². The third-order valence-corrected chi connectivity index (χ3v) is 2.76. The van der Waals surface area contributed by atoms with E-state index < -0.39 is 11.9 Å². The fourth-order valence-corrected chi connectivity index (χ4v) is 1.92. The molecule has 0 aliphatic carbocycles. The molecule has 5 heteroatoms. The number of benzene rings is 1. The minimum absolute atomic E-state index is 0.0134. The summed E-state index contributed by atoms with van der Waals surface area (Å²) in [5, 5.41) is 8.60. The molecule has 16 heavy (non-hydrogen) atoms. The molecule has 1 rings (SSSR count). The lowest BCUT2D eigenvalue weighted by molar-refractivity contribution is -0.136. The third-order valence-electron chi connectivity index (χ3n) is 2.10. The summed E-state index contributed by atoms with van der Waals surface area (Å²) in [7, 11) is 1.29. The third kappa shape index (κ3) is 3.06. The molecule has 0 saturated heterocycles. The van der Waals surface area contributed by atoms with Crippen molar-refractivity contribution in [2.75, 3.05) is 7.11 Å². The van der Waals surface area contributed by atoms with Crippen LogP contribution in [0.15, 0.2) is 22.7 Å². The maximum atomic E-state index is 11.5. The molecule has 0 saturated carbocycles. The second-order valence-electron chi connectivity index (χ2n) is 3.16. The Morgan fingerprint density at radius 1 is 1.44 bits per heavy atom. The van der Waals surface area contributed by atoms with E-state index in [0.29, 0.717) is 22.0 Å². The number of methoxy groups -OCH3 is 1. The number of ether oxygens (including phenoxy) is 1. The highest BCUT2D eigenvalue weighted by atomic mass is 79.9. The number of aryl methyl sites for hydroxylation is 1. The Hall–Kier alpha value is -1.36. The van der Waals surface area contributed by atoms with Gasteiger partial charge in [0.25, 0.3) is 0 Å². The van der Waals surface area contributed by atoms with Gasteiger partial charge in [0.2, 0.25) is 0 Å². The monoisotopic (exact) mass is 286 g/mol. The van der Waals surface area contributed by atoms with Gasteiger partial charge in [0.15, 0.2) is 0 Å². The second kappa shape index (κ2) is 5.65. The summed E-state index contributed by atoms with van der Waals surface area (Å²) in [4.78, 5) is 22.0. The van der Waals surface area contributed by atoms with E-state index >= 15 is 0 Å². The average molecular weight is 287 g/mol. The van der Waals surface area contributed by atoms with Crippen LogP contribution >= 0.6 is 15.9 Å². The Balaban J connectivity index is 3.03. The fourth-order valence-electron chi connectivity index (χ4n) is 1.35. The van der Waals surface area contributed by atoms with E-state index in [1.165, 1.54) is 7.11 Å². The molecule has 0 bridgehead atoms. The molecule has 0 heterocycles. The van der Waals surface area contributed by atoms with Gasteiger partial charge in [-0.1, -0.05) is 12.1 Å². The van der Waals surface area contributed by atoms with Crippen molar-refractivity contribution in [1.29, 1.82) is 0 Å². The zero-order chi connectivity index (χ0) is 12.1. The van der Waals surface area contributed by atoms with Crippen molar-refractivity contribution in [3.05, 3.63) is 33.8 Å². The van der Waals surface area contributed by atoms with Gasteiger partial charge in [-0.3, -0.25) is 4.79 Å². The van der Waals surface area contributed by atoms with Crippen LogP contribution in [0.1, 0.15) is 22.3 Å². The summed E-state index contributed by atoms with van der Waals surface area (Å²) in [6.45, 7) is 0. The van der Waals surface area contributed by atoms with E-state index in [9.17, 15) is 9.59 Å². The summed E-state index contributed by atoms with van der Waals surface area (Å²) in [6.07, 6.45) is 0.291. The molecule has 1 aromatic carbocycles. The highest BCUT2D eigenvalue weighted by Crippen LogP contribution is 2.22. The van der Waals surface area contributed by atoms with Gasteiger partial charge in [-0.2, -0.15) is 0 Å². The number of esters is 1. The summed E-state index contributed by atoms with van der Waals surface area (Å²) < 4.78 is 5.26. The number of halogens is 1. The van der Waals surface area contributed by atoms with E-state index in [0.717, 1.165) is 0 Å². The van der Waals surface area contributed by atoms with Gasteiger partial charge in [-0.25, -0.2) is 4.79 Å². The quantitative estimate of drug-likeness (QED) is 0.863. The predicted octanol–water partition coefficient (Wildman–Crippen LogP) is 2.25. The van der Waals surface area contributed by atoms with Crippen molar-refractivity contribution in [3.8, 4) is 0 Å². The first kappa shape index (κ1) is 12.7. The molecule has 0 fully saturated rings. The number of carbonyl (C=O) groups excluding carboxylic acids is 1. The molecule has 0 spiro atoms. The normalized spacial score (nSPS) is 9.88. The van der Waals surface area contributed by atoms with Gasteiger partial charge in [0.05, 0.1) is 12.7 Å². The van der Waals surface area contributed by atoms with E-state index in [1.54, 1.807) is 18.2 Å². The van der Waals surface area contributed by atoms with Crippen molar-refractivity contribution in [3.63, 3.8) is 0 Å². The number of rotatable bonds is 4. The van der Waals surface area contributed by atoms with Gasteiger partial charge in [0, 0.05) is 10.9 Å². The highest BCUT2D eigenvalue weighted by molar-refractivity contribution is 9.10. The Morgan fingerprint density at radius 2 is 2.12 bits per heavy atom. The molecule has 0 aromatic heterocycles. The minimum atomic E-state index is -0.893. The number of carboxylic acid groups (broad SMARTS) is 1. The van der Waals surface area contributed by atoms with Crippen LogP contribution in [0.25, 0.3) is 0 Å². The summed E-state index contributed by atoms with van der Waals surface area (Å²) in [5.74, 6) is -1.36. The van der Waals surface area contributed by atoms with Gasteiger partial charge in [-0.15, -0.1) is 0 Å². The standard InChI is InChI=1S/C11H11BrO4/c1-16-11(15)10-7(5-6-9(13)14)3-2-4-8(10)12/h2-4H,5-6H2,1H3,(H,13,14). The second-order valence-corrected chi connectivity index (χ2v) is 4.01. The van der Waals surface area contributed by atoms with Crippen molar-refractivity contribution in [2.24, 2.45) is 0 Å². The Labute approximate surface area is 101 Å². The zero-order valence-corrected chi connectivity index (χ0v) is 10.3. The van der Waals surface area contributed by atoms with Crippen molar-refractivity contribution in [2.45, 2.75) is 12.8 Å². The van der Waals surface area contributed by atoms with Crippen LogP contribution in [0.4, 0.5) is 0 Å². The number of aliphatic carboxylic acids is 1. The summed E-state index contributed by atoms with van der Waals surface area (Å²) in [6, 6.07) is 5.20. The molecular formula is C11H11BrO4. The van der Waals surface area contributed by atoms with E-state index in [4.69, 9.17) is 5.11 Å². The van der Waals surface area contributed by atoms with Crippen molar-refractivity contribution in [1.82, 2.24) is 0 Å². The van der Waals surface area contributed by atoms with Crippen molar-refractivity contribution >= 4 is 27.9 Å². The molecule has 0 amide bonds. The highest BCUT2D eigenvalue weighted by Gasteiger charge is 2.15. The molecule has 4 nitrogen and oxygen atoms in total. The smallest absolute Gasteiger partial charge is 0.339 e. The minimum Gasteiger partial charge on any atom is -0.481 e. The fraction of sp³-hybridized carbons (Fsp3) is 0.273. The largest absolute Gasteiger partial charge is 0.481 e. The molecule has 0 radical (unpaired) electrons.